The minimum Gasteiger partial charge on any atom is -0.323 e. The Labute approximate surface area is 136 Å². The highest BCUT2D eigenvalue weighted by molar-refractivity contribution is 9.10. The smallest absolute Gasteiger partial charge is 0.0702 e. The molecule has 1 aromatic heterocycles. The number of halogens is 1. The average molecular weight is 359 g/mol. The van der Waals surface area contributed by atoms with Gasteiger partial charge in [0.1, 0.15) is 0 Å². The van der Waals surface area contributed by atoms with Gasteiger partial charge < -0.3 is 5.73 Å². The Bertz CT molecular complexity index is 743. The quantitative estimate of drug-likeness (QED) is 0.681. The third-order valence-electron chi connectivity index (χ3n) is 3.28. The molecule has 0 radical (unpaired) electrons. The number of hydrogen-bond donors (Lipinski definition) is 1. The Kier molecular flexibility index (Phi) is 4.58. The fourth-order valence-electron chi connectivity index (χ4n) is 2.10. The van der Waals surface area contributed by atoms with E-state index in [1.807, 2.05) is 36.5 Å². The maximum absolute atomic E-state index is 6.29. The number of thioether (sulfide) groups is 1. The maximum Gasteiger partial charge on any atom is 0.0702 e. The van der Waals surface area contributed by atoms with E-state index in [1.165, 1.54) is 4.90 Å². The lowest BCUT2D eigenvalue weighted by molar-refractivity contribution is 0.827. The van der Waals surface area contributed by atoms with Crippen LogP contribution in [0.5, 0.6) is 0 Å². The third kappa shape index (κ3) is 3.64. The molecule has 1 heterocycles. The molecule has 0 fully saturated rings. The van der Waals surface area contributed by atoms with Gasteiger partial charge in [0.2, 0.25) is 0 Å². The molecule has 0 bridgehead atoms. The van der Waals surface area contributed by atoms with Crippen LogP contribution < -0.4 is 5.73 Å². The molecule has 1 unspecified atom stereocenters. The van der Waals surface area contributed by atoms with E-state index in [4.69, 9.17) is 5.73 Å². The molecule has 0 aliphatic carbocycles. The highest BCUT2D eigenvalue weighted by Gasteiger charge is 2.08. The number of rotatable bonds is 4. The molecule has 3 aromatic rings. The van der Waals surface area contributed by atoms with Crippen molar-refractivity contribution in [2.24, 2.45) is 5.73 Å². The van der Waals surface area contributed by atoms with Gasteiger partial charge in [0, 0.05) is 32.7 Å². The van der Waals surface area contributed by atoms with Crippen LogP contribution in [-0.2, 0) is 0 Å². The summed E-state index contributed by atoms with van der Waals surface area (Å²) in [4.78, 5) is 5.70. The van der Waals surface area contributed by atoms with Crippen LogP contribution in [0.3, 0.4) is 0 Å². The normalized spacial score (nSPS) is 12.5. The third-order valence-corrected chi connectivity index (χ3v) is 4.94. The summed E-state index contributed by atoms with van der Waals surface area (Å²) in [5.41, 5.74) is 8.38. The van der Waals surface area contributed by atoms with Crippen LogP contribution in [-0.4, -0.2) is 10.7 Å². The van der Waals surface area contributed by atoms with Gasteiger partial charge in [-0.3, -0.25) is 4.98 Å². The number of hydrogen-bond acceptors (Lipinski definition) is 3. The predicted molar refractivity (Wildman–Crippen MR) is 93.5 cm³/mol. The summed E-state index contributed by atoms with van der Waals surface area (Å²) in [6.07, 6.45) is 1.88. The van der Waals surface area contributed by atoms with E-state index in [9.17, 15) is 0 Å². The van der Waals surface area contributed by atoms with E-state index < -0.39 is 0 Å². The summed E-state index contributed by atoms with van der Waals surface area (Å²) in [6.45, 7) is 0. The van der Waals surface area contributed by atoms with Crippen molar-refractivity contribution < 1.29 is 0 Å². The minimum absolute atomic E-state index is 0.0178. The van der Waals surface area contributed by atoms with Crippen molar-refractivity contribution in [2.75, 3.05) is 5.75 Å². The molecule has 2 nitrogen and oxygen atoms in total. The molecule has 0 amide bonds. The summed E-state index contributed by atoms with van der Waals surface area (Å²) in [6, 6.07) is 18.5. The number of para-hydroxylation sites is 1. The number of pyridine rings is 1. The SMILES string of the molecule is NC(CSc1ccc(Br)cc1)c1cnc2ccccc2c1. The van der Waals surface area contributed by atoms with Crippen molar-refractivity contribution >= 4 is 38.6 Å². The second kappa shape index (κ2) is 6.60. The lowest BCUT2D eigenvalue weighted by Crippen LogP contribution is -2.13. The van der Waals surface area contributed by atoms with Gasteiger partial charge in [-0.05, 0) is 42.0 Å². The van der Waals surface area contributed by atoms with Gasteiger partial charge >= 0.3 is 0 Å². The van der Waals surface area contributed by atoms with Gasteiger partial charge in [0.25, 0.3) is 0 Å². The first-order valence-corrected chi connectivity index (χ1v) is 8.49. The first-order chi connectivity index (χ1) is 10.2. The van der Waals surface area contributed by atoms with Crippen LogP contribution in [0, 0.1) is 0 Å². The van der Waals surface area contributed by atoms with Gasteiger partial charge in [-0.15, -0.1) is 11.8 Å². The van der Waals surface area contributed by atoms with Gasteiger partial charge in [-0.1, -0.05) is 34.1 Å². The molecule has 106 valence electrons. The number of fused-ring (bicyclic) bond motifs is 1. The summed E-state index contributed by atoms with van der Waals surface area (Å²) in [5, 5.41) is 1.14. The maximum atomic E-state index is 6.29. The average Bonchev–Trinajstić information content (AvgIpc) is 2.53. The molecular formula is C17H15BrN2S. The summed E-state index contributed by atoms with van der Waals surface area (Å²) in [7, 11) is 0. The topological polar surface area (TPSA) is 38.9 Å². The first-order valence-electron chi connectivity index (χ1n) is 6.71. The molecule has 3 rings (SSSR count). The van der Waals surface area contributed by atoms with Crippen molar-refractivity contribution in [3.05, 3.63) is 70.8 Å². The van der Waals surface area contributed by atoms with Crippen molar-refractivity contribution in [2.45, 2.75) is 10.9 Å². The minimum atomic E-state index is -0.0178. The molecule has 2 N–H and O–H groups in total. The number of nitrogens with two attached hydrogens (primary N) is 1. The van der Waals surface area contributed by atoms with Crippen LogP contribution in [0.15, 0.2) is 70.2 Å². The summed E-state index contributed by atoms with van der Waals surface area (Å²) in [5.74, 6) is 0.835. The molecule has 0 aliphatic rings. The fraction of sp³-hybridized carbons (Fsp3) is 0.118. The number of aromatic nitrogens is 1. The van der Waals surface area contributed by atoms with Crippen molar-refractivity contribution in [1.29, 1.82) is 0 Å². The first kappa shape index (κ1) is 14.6. The Morgan fingerprint density at radius 1 is 1.10 bits per heavy atom. The molecule has 2 aromatic carbocycles. The van der Waals surface area contributed by atoms with Crippen LogP contribution in [0.25, 0.3) is 10.9 Å². The van der Waals surface area contributed by atoms with Gasteiger partial charge in [0.05, 0.1) is 5.52 Å². The van der Waals surface area contributed by atoms with E-state index in [1.54, 1.807) is 11.8 Å². The molecule has 1 atom stereocenters. The van der Waals surface area contributed by atoms with E-state index >= 15 is 0 Å². The second-order valence-electron chi connectivity index (χ2n) is 4.83. The highest BCUT2D eigenvalue weighted by Crippen LogP contribution is 2.25. The monoisotopic (exact) mass is 358 g/mol. The van der Waals surface area contributed by atoms with E-state index in [0.717, 1.165) is 26.7 Å². The van der Waals surface area contributed by atoms with Crippen LogP contribution in [0.1, 0.15) is 11.6 Å². The zero-order valence-corrected chi connectivity index (χ0v) is 13.8. The van der Waals surface area contributed by atoms with Crippen molar-refractivity contribution in [3.8, 4) is 0 Å². The molecule has 0 saturated heterocycles. The molecule has 0 aliphatic heterocycles. The van der Waals surface area contributed by atoms with Crippen molar-refractivity contribution in [1.82, 2.24) is 4.98 Å². The predicted octanol–water partition coefficient (Wildman–Crippen LogP) is 4.79. The lowest BCUT2D eigenvalue weighted by Gasteiger charge is -2.12. The largest absolute Gasteiger partial charge is 0.323 e. The molecule has 21 heavy (non-hydrogen) atoms. The van der Waals surface area contributed by atoms with E-state index in [0.29, 0.717) is 0 Å². The van der Waals surface area contributed by atoms with Gasteiger partial charge in [-0.25, -0.2) is 0 Å². The Morgan fingerprint density at radius 2 is 1.86 bits per heavy atom. The fourth-order valence-corrected chi connectivity index (χ4v) is 3.26. The van der Waals surface area contributed by atoms with Crippen LogP contribution in [0.4, 0.5) is 0 Å². The molecule has 4 heteroatoms. The van der Waals surface area contributed by atoms with Crippen molar-refractivity contribution in [3.63, 3.8) is 0 Å². The molecule has 0 spiro atoms. The number of nitrogens with zero attached hydrogens (tertiary/aromatic N) is 1. The lowest BCUT2D eigenvalue weighted by atomic mass is 10.1. The van der Waals surface area contributed by atoms with E-state index in [-0.39, 0.29) is 6.04 Å². The van der Waals surface area contributed by atoms with Gasteiger partial charge in [-0.2, -0.15) is 0 Å². The Morgan fingerprint density at radius 3 is 2.67 bits per heavy atom. The number of benzene rings is 2. The van der Waals surface area contributed by atoms with E-state index in [2.05, 4.69) is 45.2 Å². The standard InChI is InChI=1S/C17H15BrN2S/c18-14-5-7-15(8-6-14)21-11-16(19)13-9-12-3-1-2-4-17(12)20-10-13/h1-10,16H,11,19H2. The van der Waals surface area contributed by atoms with Gasteiger partial charge in [0.15, 0.2) is 0 Å². The second-order valence-corrected chi connectivity index (χ2v) is 6.84. The summed E-state index contributed by atoms with van der Waals surface area (Å²) >= 11 is 5.21. The van der Waals surface area contributed by atoms with Crippen LogP contribution >= 0.6 is 27.7 Å². The molecular weight excluding hydrogens is 344 g/mol. The molecule has 0 saturated carbocycles. The zero-order valence-electron chi connectivity index (χ0n) is 11.4. The highest BCUT2D eigenvalue weighted by atomic mass is 79.9. The Hall–Kier alpha value is -1.36. The zero-order chi connectivity index (χ0) is 14.7. The Balaban J connectivity index is 1.71. The summed E-state index contributed by atoms with van der Waals surface area (Å²) < 4.78 is 1.09. The van der Waals surface area contributed by atoms with Crippen LogP contribution in [0.2, 0.25) is 0 Å².